The molecule has 4 aromatic rings. The van der Waals surface area contributed by atoms with Gasteiger partial charge in [0.05, 0.1) is 29.2 Å². The highest BCUT2D eigenvalue weighted by Gasteiger charge is 2.20. The molecule has 0 saturated heterocycles. The smallest absolute Gasteiger partial charge is 0.256 e. The largest absolute Gasteiger partial charge is 0.352 e. The van der Waals surface area contributed by atoms with Crippen LogP contribution in [-0.2, 0) is 13.0 Å². The highest BCUT2D eigenvalue weighted by Crippen LogP contribution is 2.21. The van der Waals surface area contributed by atoms with E-state index in [1.54, 1.807) is 4.68 Å². The number of amides is 1. The van der Waals surface area contributed by atoms with Crippen LogP contribution in [0, 0.1) is 27.7 Å². The van der Waals surface area contributed by atoms with Gasteiger partial charge in [-0.25, -0.2) is 9.36 Å². The summed E-state index contributed by atoms with van der Waals surface area (Å²) in [5, 5.41) is 12.3. The molecule has 0 aliphatic rings. The van der Waals surface area contributed by atoms with Crippen LogP contribution in [0.5, 0.6) is 0 Å². The van der Waals surface area contributed by atoms with Gasteiger partial charge in [0.25, 0.3) is 5.91 Å². The molecule has 4 rings (SSSR count). The Hall–Kier alpha value is -3.38. The number of hydrogen-bond donors (Lipinski definition) is 1. The minimum absolute atomic E-state index is 0.202. The van der Waals surface area contributed by atoms with Crippen LogP contribution in [0.15, 0.2) is 54.6 Å². The van der Waals surface area contributed by atoms with Gasteiger partial charge in [-0.05, 0) is 63.4 Å². The van der Waals surface area contributed by atoms with Crippen LogP contribution in [0.25, 0.3) is 5.69 Å². The molecule has 2 aromatic heterocycles. The quantitative estimate of drug-likeness (QED) is 0.422. The number of carbonyl (C=O) groups excluding carboxylic acids is 1. The van der Waals surface area contributed by atoms with E-state index in [4.69, 9.17) is 11.6 Å². The van der Waals surface area contributed by atoms with Crippen LogP contribution >= 0.6 is 11.6 Å². The van der Waals surface area contributed by atoms with Crippen molar-refractivity contribution in [2.24, 2.45) is 0 Å². The van der Waals surface area contributed by atoms with Crippen LogP contribution in [0.1, 0.15) is 44.1 Å². The van der Waals surface area contributed by atoms with Crippen molar-refractivity contribution >= 4 is 17.5 Å². The maximum atomic E-state index is 12.8. The lowest BCUT2D eigenvalue weighted by Gasteiger charge is -2.08. The fourth-order valence-electron chi connectivity index (χ4n) is 3.89. The summed E-state index contributed by atoms with van der Waals surface area (Å²) in [4.78, 5) is 12.8. The lowest BCUT2D eigenvalue weighted by molar-refractivity contribution is 0.0953. The van der Waals surface area contributed by atoms with Gasteiger partial charge < -0.3 is 5.32 Å². The average molecular weight is 462 g/mol. The maximum absolute atomic E-state index is 12.8. The number of aromatic nitrogens is 4. The summed E-state index contributed by atoms with van der Waals surface area (Å²) in [6.45, 7) is 8.92. The molecule has 170 valence electrons. The first-order chi connectivity index (χ1) is 15.8. The topological polar surface area (TPSA) is 64.7 Å². The third kappa shape index (κ3) is 5.17. The SMILES string of the molecule is Cc1ccc(Cn2nc(C)c(C(=O)NCCc3ccc(-n4nc(C)cc4C)cc3)c2Cl)cc1. The highest BCUT2D eigenvalue weighted by molar-refractivity contribution is 6.33. The Labute approximate surface area is 199 Å². The van der Waals surface area contributed by atoms with Crippen molar-refractivity contribution in [1.82, 2.24) is 24.9 Å². The molecule has 0 atom stereocenters. The summed E-state index contributed by atoms with van der Waals surface area (Å²) in [6, 6.07) is 18.5. The van der Waals surface area contributed by atoms with Crippen molar-refractivity contribution in [2.45, 2.75) is 40.7 Å². The lowest BCUT2D eigenvalue weighted by Crippen LogP contribution is -2.26. The Balaban J connectivity index is 1.36. The Morgan fingerprint density at radius 3 is 2.24 bits per heavy atom. The van der Waals surface area contributed by atoms with Gasteiger partial charge in [-0.2, -0.15) is 10.2 Å². The molecule has 33 heavy (non-hydrogen) atoms. The molecule has 0 fully saturated rings. The lowest BCUT2D eigenvalue weighted by atomic mass is 10.1. The van der Waals surface area contributed by atoms with Gasteiger partial charge in [-0.3, -0.25) is 4.79 Å². The second kappa shape index (κ2) is 9.63. The van der Waals surface area contributed by atoms with Crippen LogP contribution in [-0.4, -0.2) is 32.0 Å². The maximum Gasteiger partial charge on any atom is 0.256 e. The van der Waals surface area contributed by atoms with Crippen molar-refractivity contribution in [3.63, 3.8) is 0 Å². The first kappa shape index (κ1) is 22.8. The molecule has 0 bridgehead atoms. The van der Waals surface area contributed by atoms with Gasteiger partial charge in [-0.1, -0.05) is 53.6 Å². The minimum Gasteiger partial charge on any atom is -0.352 e. The van der Waals surface area contributed by atoms with Gasteiger partial charge in [-0.15, -0.1) is 0 Å². The Bertz CT molecular complexity index is 1270. The standard InChI is InChI=1S/C26H28ClN5O/c1-17-5-7-22(8-6-17)16-31-25(27)24(20(4)30-31)26(33)28-14-13-21-9-11-23(12-10-21)32-19(3)15-18(2)29-32/h5-12,15H,13-14,16H2,1-4H3,(H,28,33). The van der Waals surface area contributed by atoms with Crippen molar-refractivity contribution in [3.05, 3.63) is 99.1 Å². The molecule has 1 N–H and O–H groups in total. The third-order valence-electron chi connectivity index (χ3n) is 5.64. The summed E-state index contributed by atoms with van der Waals surface area (Å²) in [7, 11) is 0. The summed E-state index contributed by atoms with van der Waals surface area (Å²) in [5.41, 5.74) is 7.60. The molecule has 0 unspecified atom stereocenters. The predicted molar refractivity (Wildman–Crippen MR) is 131 cm³/mol. The first-order valence-electron chi connectivity index (χ1n) is 11.0. The molecule has 6 nitrogen and oxygen atoms in total. The van der Waals surface area contributed by atoms with Crippen molar-refractivity contribution in [2.75, 3.05) is 6.54 Å². The van der Waals surface area contributed by atoms with Crippen molar-refractivity contribution in [3.8, 4) is 5.69 Å². The van der Waals surface area contributed by atoms with Crippen LogP contribution in [0.3, 0.4) is 0 Å². The van der Waals surface area contributed by atoms with E-state index in [1.807, 2.05) is 56.6 Å². The number of halogens is 1. The van der Waals surface area contributed by atoms with Crippen LogP contribution in [0.4, 0.5) is 0 Å². The van der Waals surface area contributed by atoms with E-state index < -0.39 is 0 Å². The van der Waals surface area contributed by atoms with E-state index in [0.717, 1.165) is 34.6 Å². The molecule has 0 spiro atoms. The number of hydrogen-bond acceptors (Lipinski definition) is 3. The molecule has 2 heterocycles. The number of rotatable bonds is 7. The van der Waals surface area contributed by atoms with Gasteiger partial charge in [0, 0.05) is 12.2 Å². The first-order valence-corrected chi connectivity index (χ1v) is 11.4. The van der Waals surface area contributed by atoms with E-state index in [9.17, 15) is 4.79 Å². The van der Waals surface area contributed by atoms with E-state index in [2.05, 4.69) is 45.8 Å². The third-order valence-corrected chi connectivity index (χ3v) is 6.02. The van der Waals surface area contributed by atoms with Gasteiger partial charge >= 0.3 is 0 Å². The Morgan fingerprint density at radius 1 is 0.939 bits per heavy atom. The number of aryl methyl sites for hydroxylation is 4. The summed E-state index contributed by atoms with van der Waals surface area (Å²) < 4.78 is 3.61. The Morgan fingerprint density at radius 2 is 1.61 bits per heavy atom. The molecule has 1 amide bonds. The average Bonchev–Trinajstić information content (AvgIpc) is 3.27. The van der Waals surface area contributed by atoms with Gasteiger partial charge in [0.1, 0.15) is 5.15 Å². The van der Waals surface area contributed by atoms with Crippen LogP contribution in [0.2, 0.25) is 5.15 Å². The number of carbonyl (C=O) groups is 1. The zero-order valence-corrected chi connectivity index (χ0v) is 20.1. The summed E-state index contributed by atoms with van der Waals surface area (Å²) in [5.74, 6) is -0.202. The van der Waals surface area contributed by atoms with Crippen LogP contribution < -0.4 is 5.32 Å². The molecular weight excluding hydrogens is 434 g/mol. The molecule has 2 aromatic carbocycles. The van der Waals surface area contributed by atoms with Crippen molar-refractivity contribution in [1.29, 1.82) is 0 Å². The van der Waals surface area contributed by atoms with Gasteiger partial charge in [0.2, 0.25) is 0 Å². The second-order valence-corrected chi connectivity index (χ2v) is 8.76. The van der Waals surface area contributed by atoms with E-state index in [1.165, 1.54) is 5.56 Å². The predicted octanol–water partition coefficient (Wildman–Crippen LogP) is 4.98. The molecule has 0 aliphatic carbocycles. The molecule has 0 aliphatic heterocycles. The minimum atomic E-state index is -0.202. The van der Waals surface area contributed by atoms with Crippen molar-refractivity contribution < 1.29 is 4.79 Å². The zero-order chi connectivity index (χ0) is 23.5. The van der Waals surface area contributed by atoms with E-state index >= 15 is 0 Å². The monoisotopic (exact) mass is 461 g/mol. The summed E-state index contributed by atoms with van der Waals surface area (Å²) >= 11 is 6.52. The molecule has 0 radical (unpaired) electrons. The summed E-state index contributed by atoms with van der Waals surface area (Å²) in [6.07, 6.45) is 0.720. The molecule has 7 heteroatoms. The molecule has 0 saturated carbocycles. The normalized spacial score (nSPS) is 11.1. The number of benzene rings is 2. The zero-order valence-electron chi connectivity index (χ0n) is 19.4. The van der Waals surface area contributed by atoms with E-state index in [0.29, 0.717) is 29.5 Å². The molecular formula is C26H28ClN5O. The fraction of sp³-hybridized carbons (Fsp3) is 0.269. The fourth-order valence-corrected chi connectivity index (χ4v) is 4.21. The van der Waals surface area contributed by atoms with E-state index in [-0.39, 0.29) is 5.91 Å². The van der Waals surface area contributed by atoms with Gasteiger partial charge in [0.15, 0.2) is 0 Å². The number of nitrogens with one attached hydrogen (secondary N) is 1. The Kier molecular flexibility index (Phi) is 6.65. The highest BCUT2D eigenvalue weighted by atomic mass is 35.5. The number of nitrogens with zero attached hydrogens (tertiary/aromatic N) is 4. The second-order valence-electron chi connectivity index (χ2n) is 8.41.